The Labute approximate surface area is 99.7 Å². The summed E-state index contributed by atoms with van der Waals surface area (Å²) in [7, 11) is 3.03. The maximum absolute atomic E-state index is 10.7. The van der Waals surface area contributed by atoms with E-state index in [4.69, 9.17) is 9.47 Å². The molecule has 0 aliphatic carbocycles. The van der Waals surface area contributed by atoms with Crippen LogP contribution in [0.5, 0.6) is 5.75 Å². The lowest BCUT2D eigenvalue weighted by Gasteiger charge is -2.12. The molecule has 6 heteroatoms. The van der Waals surface area contributed by atoms with E-state index in [1.54, 1.807) is 19.2 Å². The zero-order valence-corrected chi connectivity index (χ0v) is 10.1. The second-order valence-corrected chi connectivity index (χ2v) is 3.57. The van der Waals surface area contributed by atoms with Crippen molar-refractivity contribution in [3.05, 3.63) is 28.3 Å². The Hall–Kier alpha value is -1.82. The number of rotatable bonds is 6. The van der Waals surface area contributed by atoms with E-state index in [-0.39, 0.29) is 17.5 Å². The molecule has 0 fully saturated rings. The van der Waals surface area contributed by atoms with Gasteiger partial charge in [-0.25, -0.2) is 0 Å². The maximum atomic E-state index is 10.7. The average molecular weight is 240 g/mol. The molecule has 17 heavy (non-hydrogen) atoms. The molecule has 0 radical (unpaired) electrons. The molecule has 0 amide bonds. The quantitative estimate of drug-likeness (QED) is 0.608. The average Bonchev–Trinajstić information content (AvgIpc) is 2.35. The van der Waals surface area contributed by atoms with Crippen LogP contribution in [0.1, 0.15) is 6.92 Å². The van der Waals surface area contributed by atoms with Gasteiger partial charge in [-0.15, -0.1) is 0 Å². The highest BCUT2D eigenvalue weighted by molar-refractivity contribution is 5.57. The molecule has 0 bridgehead atoms. The van der Waals surface area contributed by atoms with Gasteiger partial charge in [0.25, 0.3) is 0 Å². The molecule has 0 aromatic heterocycles. The van der Waals surface area contributed by atoms with Crippen LogP contribution in [0.2, 0.25) is 0 Å². The highest BCUT2D eigenvalue weighted by Crippen LogP contribution is 2.29. The topological polar surface area (TPSA) is 73.6 Å². The normalized spacial score (nSPS) is 11.9. The van der Waals surface area contributed by atoms with E-state index in [0.717, 1.165) is 5.69 Å². The summed E-state index contributed by atoms with van der Waals surface area (Å²) in [6.45, 7) is 2.55. The minimum absolute atomic E-state index is 0.0437. The molecule has 1 aromatic rings. The zero-order chi connectivity index (χ0) is 12.8. The number of nitro groups is 1. The third-order valence-electron chi connectivity index (χ3n) is 2.37. The molecule has 0 heterocycles. The van der Waals surface area contributed by atoms with Crippen LogP contribution < -0.4 is 10.1 Å². The van der Waals surface area contributed by atoms with Crippen LogP contribution in [0, 0.1) is 10.1 Å². The minimum Gasteiger partial charge on any atom is -0.490 e. The molecule has 1 rings (SSSR count). The van der Waals surface area contributed by atoms with Crippen LogP contribution >= 0.6 is 0 Å². The first-order valence-electron chi connectivity index (χ1n) is 5.17. The Morgan fingerprint density at radius 1 is 1.47 bits per heavy atom. The SMILES string of the molecule is COc1cc(NCC(C)OC)ccc1[N+](=O)[O-]. The number of nitrogens with one attached hydrogen (secondary N) is 1. The maximum Gasteiger partial charge on any atom is 0.311 e. The second-order valence-electron chi connectivity index (χ2n) is 3.57. The van der Waals surface area contributed by atoms with Crippen molar-refractivity contribution in [2.45, 2.75) is 13.0 Å². The summed E-state index contributed by atoms with van der Waals surface area (Å²) >= 11 is 0. The molecule has 0 aliphatic heterocycles. The molecule has 0 spiro atoms. The second kappa shape index (κ2) is 6.05. The van der Waals surface area contributed by atoms with Crippen molar-refractivity contribution in [1.29, 1.82) is 0 Å². The van der Waals surface area contributed by atoms with Crippen LogP contribution in [0.3, 0.4) is 0 Å². The summed E-state index contributed by atoms with van der Waals surface area (Å²) < 4.78 is 10.1. The van der Waals surface area contributed by atoms with Crippen molar-refractivity contribution < 1.29 is 14.4 Å². The summed E-state index contributed by atoms with van der Waals surface area (Å²) in [4.78, 5) is 10.2. The Bertz CT molecular complexity index is 395. The van der Waals surface area contributed by atoms with E-state index in [1.807, 2.05) is 6.92 Å². The van der Waals surface area contributed by atoms with E-state index in [1.165, 1.54) is 13.2 Å². The summed E-state index contributed by atoms with van der Waals surface area (Å²) in [6.07, 6.45) is 0.0659. The lowest BCUT2D eigenvalue weighted by atomic mass is 10.2. The molecule has 0 aliphatic rings. The molecule has 1 atom stereocenters. The third kappa shape index (κ3) is 3.60. The minimum atomic E-state index is -0.472. The predicted octanol–water partition coefficient (Wildman–Crippen LogP) is 2.05. The number of anilines is 1. The fourth-order valence-corrected chi connectivity index (χ4v) is 1.28. The van der Waals surface area contributed by atoms with Gasteiger partial charge >= 0.3 is 5.69 Å². The first-order chi connectivity index (χ1) is 8.08. The number of hydrogen-bond acceptors (Lipinski definition) is 5. The summed E-state index contributed by atoms with van der Waals surface area (Å²) in [5, 5.41) is 13.8. The van der Waals surface area contributed by atoms with E-state index in [2.05, 4.69) is 5.32 Å². The van der Waals surface area contributed by atoms with E-state index >= 15 is 0 Å². The van der Waals surface area contributed by atoms with Gasteiger partial charge in [-0.2, -0.15) is 0 Å². The van der Waals surface area contributed by atoms with Gasteiger partial charge in [-0.3, -0.25) is 10.1 Å². The molecule has 1 N–H and O–H groups in total. The third-order valence-corrected chi connectivity index (χ3v) is 2.37. The van der Waals surface area contributed by atoms with Gasteiger partial charge < -0.3 is 14.8 Å². The Morgan fingerprint density at radius 2 is 2.18 bits per heavy atom. The monoisotopic (exact) mass is 240 g/mol. The Morgan fingerprint density at radius 3 is 2.71 bits per heavy atom. The number of methoxy groups -OCH3 is 2. The van der Waals surface area contributed by atoms with Crippen LogP contribution in [0.25, 0.3) is 0 Å². The molecular weight excluding hydrogens is 224 g/mol. The van der Waals surface area contributed by atoms with E-state index in [9.17, 15) is 10.1 Å². The van der Waals surface area contributed by atoms with Crippen molar-refractivity contribution in [2.24, 2.45) is 0 Å². The van der Waals surface area contributed by atoms with Crippen molar-refractivity contribution in [1.82, 2.24) is 0 Å². The highest BCUT2D eigenvalue weighted by atomic mass is 16.6. The first-order valence-corrected chi connectivity index (χ1v) is 5.17. The first kappa shape index (κ1) is 13.2. The fourth-order valence-electron chi connectivity index (χ4n) is 1.28. The summed E-state index contributed by atoms with van der Waals surface area (Å²) in [5.74, 6) is 0.241. The summed E-state index contributed by atoms with van der Waals surface area (Å²) in [5.41, 5.74) is 0.717. The van der Waals surface area contributed by atoms with Gasteiger partial charge in [0.05, 0.1) is 18.1 Å². The van der Waals surface area contributed by atoms with Crippen molar-refractivity contribution in [2.75, 3.05) is 26.1 Å². The molecule has 0 saturated heterocycles. The van der Waals surface area contributed by atoms with Gasteiger partial charge in [0.15, 0.2) is 5.75 Å². The standard InChI is InChI=1S/C11H16N2O4/c1-8(16-2)7-12-9-4-5-10(13(14)15)11(6-9)17-3/h4-6,8,12H,7H2,1-3H3. The number of benzene rings is 1. The molecule has 0 saturated carbocycles. The van der Waals surface area contributed by atoms with Gasteiger partial charge in [-0.1, -0.05) is 0 Å². The van der Waals surface area contributed by atoms with Gasteiger partial charge in [-0.05, 0) is 13.0 Å². The van der Waals surface area contributed by atoms with Gasteiger partial charge in [0.2, 0.25) is 0 Å². The van der Waals surface area contributed by atoms with Crippen LogP contribution in [-0.2, 0) is 4.74 Å². The van der Waals surface area contributed by atoms with E-state index in [0.29, 0.717) is 6.54 Å². The molecule has 1 aromatic carbocycles. The molecule has 1 unspecified atom stereocenters. The highest BCUT2D eigenvalue weighted by Gasteiger charge is 2.14. The predicted molar refractivity (Wildman–Crippen MR) is 64.6 cm³/mol. The smallest absolute Gasteiger partial charge is 0.311 e. The Balaban J connectivity index is 2.79. The van der Waals surface area contributed by atoms with Gasteiger partial charge in [0.1, 0.15) is 0 Å². The Kier molecular flexibility index (Phi) is 4.71. The van der Waals surface area contributed by atoms with Crippen LogP contribution in [0.15, 0.2) is 18.2 Å². The van der Waals surface area contributed by atoms with Crippen LogP contribution in [-0.4, -0.2) is 31.8 Å². The molecular formula is C11H16N2O4. The van der Waals surface area contributed by atoms with Gasteiger partial charge in [0, 0.05) is 31.5 Å². The van der Waals surface area contributed by atoms with E-state index < -0.39 is 4.92 Å². The number of ether oxygens (including phenoxy) is 2. The largest absolute Gasteiger partial charge is 0.490 e. The summed E-state index contributed by atoms with van der Waals surface area (Å²) in [6, 6.07) is 4.65. The van der Waals surface area contributed by atoms with Crippen molar-refractivity contribution in [3.8, 4) is 5.75 Å². The molecule has 94 valence electrons. The lowest BCUT2D eigenvalue weighted by molar-refractivity contribution is -0.385. The number of nitrogens with zero attached hydrogens (tertiary/aromatic N) is 1. The molecule has 6 nitrogen and oxygen atoms in total. The zero-order valence-electron chi connectivity index (χ0n) is 10.1. The number of hydrogen-bond donors (Lipinski definition) is 1. The van der Waals surface area contributed by atoms with Crippen molar-refractivity contribution >= 4 is 11.4 Å². The van der Waals surface area contributed by atoms with Crippen LogP contribution in [0.4, 0.5) is 11.4 Å². The van der Waals surface area contributed by atoms with Crippen molar-refractivity contribution in [3.63, 3.8) is 0 Å². The fraction of sp³-hybridized carbons (Fsp3) is 0.455. The number of nitro benzene ring substituents is 1. The lowest BCUT2D eigenvalue weighted by Crippen LogP contribution is -2.18.